The number of aliphatic hydroxyl groups is 3. The smallest absolute Gasteiger partial charge is 0.339 e. The summed E-state index contributed by atoms with van der Waals surface area (Å²) < 4.78 is 30.4. The second-order valence-corrected chi connectivity index (χ2v) is 13.6. The molecule has 0 aromatic rings. The predicted octanol–water partition coefficient (Wildman–Crippen LogP) is 1.18. The summed E-state index contributed by atoms with van der Waals surface area (Å²) in [5.41, 5.74) is -4.09. The van der Waals surface area contributed by atoms with Gasteiger partial charge < -0.3 is 39.0 Å². The molecule has 7 rings (SSSR count). The summed E-state index contributed by atoms with van der Waals surface area (Å²) in [7, 11) is 0. The van der Waals surface area contributed by atoms with Crippen molar-refractivity contribution in [2.24, 2.45) is 23.2 Å². The highest BCUT2D eigenvalue weighted by molar-refractivity contribution is 5.93. The Morgan fingerprint density at radius 2 is 1.93 bits per heavy atom. The van der Waals surface area contributed by atoms with Crippen LogP contribution in [0.1, 0.15) is 66.2 Å². The van der Waals surface area contributed by atoms with Crippen molar-refractivity contribution in [1.29, 1.82) is 0 Å². The van der Waals surface area contributed by atoms with E-state index >= 15 is 0 Å². The lowest BCUT2D eigenvalue weighted by Crippen LogP contribution is -2.60. The van der Waals surface area contributed by atoms with E-state index in [1.165, 1.54) is 0 Å². The van der Waals surface area contributed by atoms with Gasteiger partial charge in [0, 0.05) is 29.7 Å². The normalized spacial score (nSPS) is 53.9. The summed E-state index contributed by atoms with van der Waals surface area (Å²) in [6, 6.07) is 0. The minimum atomic E-state index is -2.21. The topological polar surface area (TPSA) is 158 Å². The third kappa shape index (κ3) is 3.13. The van der Waals surface area contributed by atoms with Gasteiger partial charge in [-0.2, -0.15) is 0 Å². The number of rotatable bonds is 4. The van der Waals surface area contributed by atoms with E-state index in [1.807, 2.05) is 0 Å². The van der Waals surface area contributed by atoms with Crippen molar-refractivity contribution in [2.45, 2.75) is 107 Å². The molecule has 6 heterocycles. The molecule has 11 atom stereocenters. The van der Waals surface area contributed by atoms with E-state index in [9.17, 15) is 29.7 Å². The lowest BCUT2D eigenvalue weighted by Gasteiger charge is -2.46. The first-order chi connectivity index (χ1) is 18.6. The number of carbonyl (C=O) groups excluding carboxylic acids is 3. The number of aliphatic hydroxyl groups excluding tert-OH is 1. The maximum absolute atomic E-state index is 13.9. The van der Waals surface area contributed by atoms with Crippen molar-refractivity contribution >= 4 is 17.7 Å². The van der Waals surface area contributed by atoms with E-state index in [-0.39, 0.29) is 31.7 Å². The van der Waals surface area contributed by atoms with Crippen LogP contribution in [0, 0.1) is 23.2 Å². The number of ether oxygens (including phenoxy) is 5. The third-order valence-electron chi connectivity index (χ3n) is 10.9. The second-order valence-electron chi connectivity index (χ2n) is 13.6. The number of allylic oxidation sites excluding steroid dienone is 2. The molecule has 0 amide bonds. The van der Waals surface area contributed by atoms with Crippen LogP contribution in [-0.2, 0) is 38.1 Å². The Morgan fingerprint density at radius 3 is 2.60 bits per heavy atom. The molecule has 0 aromatic heterocycles. The third-order valence-corrected chi connectivity index (χ3v) is 10.9. The van der Waals surface area contributed by atoms with E-state index in [2.05, 4.69) is 0 Å². The highest BCUT2D eigenvalue weighted by Crippen LogP contribution is 2.71. The summed E-state index contributed by atoms with van der Waals surface area (Å²) in [5.74, 6) is -6.96. The largest absolute Gasteiger partial charge is 0.456 e. The number of fused-ring (bicyclic) bond motifs is 4. The van der Waals surface area contributed by atoms with Crippen LogP contribution in [0.15, 0.2) is 23.5 Å². The van der Waals surface area contributed by atoms with Crippen molar-refractivity contribution in [1.82, 2.24) is 0 Å². The monoisotopic (exact) mass is 560 g/mol. The summed E-state index contributed by atoms with van der Waals surface area (Å²) in [6.07, 6.45) is 2.76. The Kier molecular flexibility index (Phi) is 5.22. The molecule has 0 radical (unpaired) electrons. The lowest BCUT2D eigenvalue weighted by molar-refractivity contribution is -0.361. The zero-order valence-corrected chi connectivity index (χ0v) is 23.1. The molecule has 218 valence electrons. The molecule has 2 spiro atoms. The highest BCUT2D eigenvalue weighted by Gasteiger charge is 2.84. The second kappa shape index (κ2) is 7.81. The lowest BCUT2D eigenvalue weighted by atomic mass is 9.63. The number of carbonyl (C=O) groups is 3. The van der Waals surface area contributed by atoms with Crippen molar-refractivity contribution in [3.8, 4) is 0 Å². The van der Waals surface area contributed by atoms with E-state index in [0.29, 0.717) is 30.6 Å². The van der Waals surface area contributed by atoms with Crippen LogP contribution in [0.4, 0.5) is 0 Å². The fraction of sp³-hybridized carbons (Fsp3) is 0.759. The summed E-state index contributed by atoms with van der Waals surface area (Å²) in [4.78, 5) is 38.3. The number of ketones is 1. The quantitative estimate of drug-likeness (QED) is 0.424. The molecule has 5 saturated heterocycles. The van der Waals surface area contributed by atoms with Crippen molar-refractivity contribution in [3.63, 3.8) is 0 Å². The van der Waals surface area contributed by atoms with Gasteiger partial charge in [0.25, 0.3) is 0 Å². The van der Waals surface area contributed by atoms with E-state index in [0.717, 1.165) is 0 Å². The SMILES string of the molecule is CC1=C/C(=C/[C@@H](C)C(=O)[C@]2(C)CC[C@]34C[C@]56OC(=O)C[C@H]5O[C@@](C)(CO)[C@@H]6[C@@H]5C[C@H]3[C@@](O)(O5)[C@](O)(C2)O4)OC1=O. The molecule has 6 aliphatic heterocycles. The van der Waals surface area contributed by atoms with Gasteiger partial charge in [0.1, 0.15) is 23.2 Å². The van der Waals surface area contributed by atoms with Crippen LogP contribution in [-0.4, -0.2) is 80.2 Å². The number of cyclic esters (lactones) is 1. The van der Waals surface area contributed by atoms with Gasteiger partial charge in [-0.25, -0.2) is 4.79 Å². The first kappa shape index (κ1) is 26.7. The maximum atomic E-state index is 13.9. The molecule has 7 aliphatic rings. The minimum Gasteiger partial charge on any atom is -0.456 e. The van der Waals surface area contributed by atoms with Gasteiger partial charge in [-0.1, -0.05) is 13.8 Å². The van der Waals surface area contributed by atoms with Crippen molar-refractivity contribution < 1.29 is 53.4 Å². The first-order valence-electron chi connectivity index (χ1n) is 14.1. The number of hydrogen-bond donors (Lipinski definition) is 3. The maximum Gasteiger partial charge on any atom is 0.339 e. The first-order valence-corrected chi connectivity index (χ1v) is 14.1. The molecule has 0 unspecified atom stereocenters. The molecule has 3 N–H and O–H groups in total. The number of Topliss-reactive ketones (excluding diaryl/α,β-unsaturated/α-hetero) is 1. The standard InChI is InChI=1S/C29H36O11/c1-14(7-16-8-15(2)23(33)36-16)22(32)24(3)5-6-26-12-27-19(10-20(31)39-27)38-25(4,13-30)21(27)17-9-18(26)29(35,37-17)28(34,11-24)40-26/h7-8,14,17-19,21,30,34-35H,5-6,9-13H2,1-4H3/b16-7-/t14-,17+,18-,19-,21+,24-,25+,26+,27+,28+,29-/m1/s1. The Labute approximate surface area is 231 Å². The van der Waals surface area contributed by atoms with Crippen molar-refractivity contribution in [3.05, 3.63) is 23.5 Å². The zero-order chi connectivity index (χ0) is 28.7. The molecule has 11 nitrogen and oxygen atoms in total. The summed E-state index contributed by atoms with van der Waals surface area (Å²) >= 11 is 0. The van der Waals surface area contributed by atoms with Crippen LogP contribution >= 0.6 is 0 Å². The minimum absolute atomic E-state index is 0.0228. The molecule has 0 aromatic carbocycles. The van der Waals surface area contributed by atoms with Crippen LogP contribution in [0.5, 0.6) is 0 Å². The van der Waals surface area contributed by atoms with Crippen LogP contribution in [0.25, 0.3) is 0 Å². The van der Waals surface area contributed by atoms with Gasteiger partial charge in [0.05, 0.1) is 42.2 Å². The molecule has 11 heteroatoms. The van der Waals surface area contributed by atoms with Gasteiger partial charge in [-0.05, 0) is 45.3 Å². The van der Waals surface area contributed by atoms with Gasteiger partial charge in [0.15, 0.2) is 0 Å². The molecular formula is C29H36O11. The molecule has 1 saturated carbocycles. The van der Waals surface area contributed by atoms with E-state index < -0.39 is 75.7 Å². The summed E-state index contributed by atoms with van der Waals surface area (Å²) in [5, 5.41) is 34.6. The fourth-order valence-corrected chi connectivity index (χ4v) is 9.30. The van der Waals surface area contributed by atoms with Crippen LogP contribution in [0.3, 0.4) is 0 Å². The van der Waals surface area contributed by atoms with Crippen LogP contribution < -0.4 is 0 Å². The van der Waals surface area contributed by atoms with Gasteiger partial charge in [-0.3, -0.25) is 9.59 Å². The number of esters is 2. The zero-order valence-electron chi connectivity index (χ0n) is 23.1. The molecule has 40 heavy (non-hydrogen) atoms. The predicted molar refractivity (Wildman–Crippen MR) is 133 cm³/mol. The highest BCUT2D eigenvalue weighted by atomic mass is 16.8. The van der Waals surface area contributed by atoms with Gasteiger partial charge in [-0.15, -0.1) is 0 Å². The fourth-order valence-electron chi connectivity index (χ4n) is 9.30. The molecular weight excluding hydrogens is 524 g/mol. The molecule has 4 bridgehead atoms. The average Bonchev–Trinajstić information content (AvgIpc) is 3.53. The molecule has 6 fully saturated rings. The Morgan fingerprint density at radius 1 is 1.18 bits per heavy atom. The Bertz CT molecular complexity index is 1290. The van der Waals surface area contributed by atoms with Crippen LogP contribution in [0.2, 0.25) is 0 Å². The summed E-state index contributed by atoms with van der Waals surface area (Å²) in [6.45, 7) is 6.52. The number of hydrogen-bond acceptors (Lipinski definition) is 11. The Hall–Kier alpha value is -2.15. The average molecular weight is 561 g/mol. The molecule has 1 aliphatic carbocycles. The van der Waals surface area contributed by atoms with E-state index in [4.69, 9.17) is 23.7 Å². The van der Waals surface area contributed by atoms with Gasteiger partial charge in [0.2, 0.25) is 11.6 Å². The van der Waals surface area contributed by atoms with Crippen molar-refractivity contribution in [2.75, 3.05) is 6.61 Å². The van der Waals surface area contributed by atoms with E-state index in [1.54, 1.807) is 39.8 Å². The Balaban J connectivity index is 1.27. The van der Waals surface area contributed by atoms with Gasteiger partial charge >= 0.3 is 11.9 Å².